The first-order valence-corrected chi connectivity index (χ1v) is 9.54. The van der Waals surface area contributed by atoms with E-state index in [4.69, 9.17) is 10.5 Å². The van der Waals surface area contributed by atoms with Crippen molar-refractivity contribution in [3.63, 3.8) is 0 Å². The Balaban J connectivity index is 0.00000288. The van der Waals surface area contributed by atoms with Gasteiger partial charge in [-0.15, -0.1) is 23.7 Å². The Kier molecular flexibility index (Phi) is 9.81. The molecule has 0 bridgehead atoms. The highest BCUT2D eigenvalue weighted by molar-refractivity contribution is 7.09. The number of carbonyl (C=O) groups excluding carboxylic acids is 1. The number of aromatic nitrogens is 1. The molecule has 0 unspecified atom stereocenters. The Morgan fingerprint density at radius 3 is 2.96 bits per heavy atom. The van der Waals surface area contributed by atoms with E-state index in [2.05, 4.69) is 22.6 Å². The van der Waals surface area contributed by atoms with Crippen molar-refractivity contribution in [2.45, 2.75) is 64.5 Å². The van der Waals surface area contributed by atoms with Gasteiger partial charge in [-0.1, -0.05) is 6.92 Å². The summed E-state index contributed by atoms with van der Waals surface area (Å²) in [5, 5.41) is 6.27. The first-order valence-electron chi connectivity index (χ1n) is 8.66. The van der Waals surface area contributed by atoms with Gasteiger partial charge >= 0.3 is 0 Å². The fourth-order valence-electron chi connectivity index (χ4n) is 2.96. The van der Waals surface area contributed by atoms with E-state index in [9.17, 15) is 4.79 Å². The number of hydrogen-bond donors (Lipinski definition) is 2. The van der Waals surface area contributed by atoms with E-state index in [-0.39, 0.29) is 36.4 Å². The fraction of sp³-hybridized carbons (Fsp3) is 0.765. The largest absolute Gasteiger partial charge is 0.377 e. The second-order valence-electron chi connectivity index (χ2n) is 6.36. The molecule has 0 aromatic carbocycles. The molecule has 7 heteroatoms. The lowest BCUT2D eigenvalue weighted by atomic mass is 9.83. The van der Waals surface area contributed by atoms with Gasteiger partial charge in [-0.25, -0.2) is 4.98 Å². The van der Waals surface area contributed by atoms with E-state index in [0.29, 0.717) is 6.54 Å². The fourth-order valence-corrected chi connectivity index (χ4v) is 3.78. The van der Waals surface area contributed by atoms with Crippen molar-refractivity contribution in [2.75, 3.05) is 13.2 Å². The zero-order valence-corrected chi connectivity index (χ0v) is 16.3. The van der Waals surface area contributed by atoms with Crippen LogP contribution in [0.4, 0.5) is 0 Å². The van der Waals surface area contributed by atoms with E-state index >= 15 is 0 Å². The monoisotopic (exact) mass is 375 g/mol. The molecule has 1 fully saturated rings. The summed E-state index contributed by atoms with van der Waals surface area (Å²) in [6.07, 6.45) is 5.35. The second-order valence-corrected chi connectivity index (χ2v) is 7.30. The lowest BCUT2D eigenvalue weighted by Crippen LogP contribution is -2.46. The van der Waals surface area contributed by atoms with Gasteiger partial charge in [0.2, 0.25) is 5.91 Å². The van der Waals surface area contributed by atoms with Crippen LogP contribution in [0.5, 0.6) is 0 Å². The predicted octanol–water partition coefficient (Wildman–Crippen LogP) is 2.84. The number of nitrogens with one attached hydrogen (secondary N) is 1. The molecule has 1 aliphatic rings. The SMILES string of the molecule is CCCO[C@H]1C[C@@H](C(=O)NCCCc2nc(C)cs2)CC[C@@H]1N.Cl. The van der Waals surface area contributed by atoms with Crippen molar-refractivity contribution >= 4 is 29.7 Å². The van der Waals surface area contributed by atoms with Gasteiger partial charge < -0.3 is 15.8 Å². The molecule has 24 heavy (non-hydrogen) atoms. The van der Waals surface area contributed by atoms with Crippen LogP contribution in [0.1, 0.15) is 49.7 Å². The third-order valence-corrected chi connectivity index (χ3v) is 5.31. The lowest BCUT2D eigenvalue weighted by Gasteiger charge is -2.33. The van der Waals surface area contributed by atoms with Crippen LogP contribution < -0.4 is 11.1 Å². The van der Waals surface area contributed by atoms with Crippen LogP contribution in [0.15, 0.2) is 5.38 Å². The summed E-state index contributed by atoms with van der Waals surface area (Å²) in [6, 6.07) is 0.0683. The molecule has 138 valence electrons. The molecule has 1 aromatic heterocycles. The van der Waals surface area contributed by atoms with Crippen molar-refractivity contribution < 1.29 is 9.53 Å². The average Bonchev–Trinajstić information content (AvgIpc) is 2.96. The van der Waals surface area contributed by atoms with Gasteiger partial charge in [-0.3, -0.25) is 4.79 Å². The van der Waals surface area contributed by atoms with E-state index in [1.54, 1.807) is 11.3 Å². The molecule has 3 atom stereocenters. The summed E-state index contributed by atoms with van der Waals surface area (Å²) >= 11 is 1.69. The normalized spacial score (nSPS) is 23.5. The summed E-state index contributed by atoms with van der Waals surface area (Å²) in [5.41, 5.74) is 7.18. The number of ether oxygens (including phenoxy) is 1. The van der Waals surface area contributed by atoms with Gasteiger partial charge in [0.25, 0.3) is 0 Å². The number of hydrogen-bond acceptors (Lipinski definition) is 5. The molecule has 0 radical (unpaired) electrons. The Morgan fingerprint density at radius 2 is 2.29 bits per heavy atom. The Hall–Kier alpha value is -0.690. The molecule has 0 saturated heterocycles. The standard InChI is InChI=1S/C17H29N3O2S.ClH/c1-3-9-22-15-10-13(6-7-14(15)18)17(21)19-8-4-5-16-20-12(2)11-23-16;/h11,13-15H,3-10,18H2,1-2H3,(H,19,21);1H/t13-,14-,15-;/m0./s1. The third-order valence-electron chi connectivity index (χ3n) is 4.28. The highest BCUT2D eigenvalue weighted by Gasteiger charge is 2.32. The van der Waals surface area contributed by atoms with E-state index < -0.39 is 0 Å². The van der Waals surface area contributed by atoms with E-state index in [1.807, 2.05) is 6.92 Å². The Labute approximate surface area is 155 Å². The first kappa shape index (κ1) is 21.4. The maximum absolute atomic E-state index is 12.3. The van der Waals surface area contributed by atoms with Gasteiger partial charge in [0.1, 0.15) is 0 Å². The number of carbonyl (C=O) groups is 1. The average molecular weight is 376 g/mol. The number of halogens is 1. The lowest BCUT2D eigenvalue weighted by molar-refractivity contribution is -0.128. The van der Waals surface area contributed by atoms with Crippen molar-refractivity contribution in [1.82, 2.24) is 10.3 Å². The van der Waals surface area contributed by atoms with Crippen molar-refractivity contribution in [3.8, 4) is 0 Å². The van der Waals surface area contributed by atoms with Gasteiger partial charge in [0.15, 0.2) is 0 Å². The molecule has 1 heterocycles. The van der Waals surface area contributed by atoms with Crippen LogP contribution >= 0.6 is 23.7 Å². The first-order chi connectivity index (χ1) is 11.1. The zero-order chi connectivity index (χ0) is 16.7. The number of rotatable bonds is 8. The number of amides is 1. The van der Waals surface area contributed by atoms with Crippen LogP contribution in [0, 0.1) is 12.8 Å². The third kappa shape index (κ3) is 6.67. The number of thiazole rings is 1. The van der Waals surface area contributed by atoms with Gasteiger partial charge in [0, 0.05) is 42.6 Å². The van der Waals surface area contributed by atoms with Gasteiger partial charge in [-0.2, -0.15) is 0 Å². The van der Waals surface area contributed by atoms with Crippen LogP contribution in [-0.4, -0.2) is 36.2 Å². The summed E-state index contributed by atoms with van der Waals surface area (Å²) in [5.74, 6) is 0.191. The van der Waals surface area contributed by atoms with Crippen LogP contribution in [0.3, 0.4) is 0 Å². The maximum atomic E-state index is 12.3. The van der Waals surface area contributed by atoms with Gasteiger partial charge in [-0.05, 0) is 39.0 Å². The number of aryl methyl sites for hydroxylation is 2. The quantitative estimate of drug-likeness (QED) is 0.685. The topological polar surface area (TPSA) is 77.2 Å². The molecule has 2 rings (SSSR count). The Bertz CT molecular complexity index is 498. The minimum atomic E-state index is 0. The van der Waals surface area contributed by atoms with Crippen LogP contribution in [0.25, 0.3) is 0 Å². The minimum Gasteiger partial charge on any atom is -0.377 e. The number of nitrogens with zero attached hydrogens (tertiary/aromatic N) is 1. The smallest absolute Gasteiger partial charge is 0.223 e. The molecule has 0 aliphatic heterocycles. The molecule has 1 aliphatic carbocycles. The molecular formula is C17H30ClN3O2S. The Morgan fingerprint density at radius 1 is 1.50 bits per heavy atom. The highest BCUT2D eigenvalue weighted by atomic mass is 35.5. The van der Waals surface area contributed by atoms with Crippen molar-refractivity contribution in [3.05, 3.63) is 16.1 Å². The molecule has 1 amide bonds. The molecule has 0 spiro atoms. The summed E-state index contributed by atoms with van der Waals surface area (Å²) < 4.78 is 5.80. The van der Waals surface area contributed by atoms with Crippen LogP contribution in [0.2, 0.25) is 0 Å². The van der Waals surface area contributed by atoms with Gasteiger partial charge in [0.05, 0.1) is 11.1 Å². The molecule has 1 aromatic rings. The summed E-state index contributed by atoms with van der Waals surface area (Å²) in [6.45, 7) is 5.52. The number of nitrogens with two attached hydrogens (primary N) is 1. The van der Waals surface area contributed by atoms with E-state index in [1.165, 1.54) is 0 Å². The maximum Gasteiger partial charge on any atom is 0.223 e. The van der Waals surface area contributed by atoms with Crippen molar-refractivity contribution in [1.29, 1.82) is 0 Å². The second kappa shape index (κ2) is 11.0. The summed E-state index contributed by atoms with van der Waals surface area (Å²) in [4.78, 5) is 16.8. The minimum absolute atomic E-state index is 0. The molecule has 3 N–H and O–H groups in total. The van der Waals surface area contributed by atoms with Crippen molar-refractivity contribution in [2.24, 2.45) is 11.7 Å². The predicted molar refractivity (Wildman–Crippen MR) is 101 cm³/mol. The zero-order valence-electron chi connectivity index (χ0n) is 14.6. The van der Waals surface area contributed by atoms with E-state index in [0.717, 1.165) is 55.8 Å². The summed E-state index contributed by atoms with van der Waals surface area (Å²) in [7, 11) is 0. The molecule has 1 saturated carbocycles. The molecular weight excluding hydrogens is 346 g/mol. The molecule has 5 nitrogen and oxygen atoms in total. The van der Waals surface area contributed by atoms with Crippen LogP contribution in [-0.2, 0) is 16.0 Å². The highest BCUT2D eigenvalue weighted by Crippen LogP contribution is 2.26.